The Bertz CT molecular complexity index is 368. The second-order valence-corrected chi connectivity index (χ2v) is 4.33. The van der Waals surface area contributed by atoms with Crippen LogP contribution in [0, 0.1) is 0 Å². The molecule has 1 amide bonds. The number of nitrogen functional groups attached to an aromatic ring is 1. The van der Waals surface area contributed by atoms with E-state index in [4.69, 9.17) is 10.5 Å². The summed E-state index contributed by atoms with van der Waals surface area (Å²) in [6, 6.07) is 0. The Morgan fingerprint density at radius 3 is 2.94 bits per heavy atom. The van der Waals surface area contributed by atoms with Crippen molar-refractivity contribution in [2.24, 2.45) is 7.05 Å². The molecule has 1 heterocycles. The molecule has 1 aromatic rings. The van der Waals surface area contributed by atoms with Crippen molar-refractivity contribution in [2.75, 3.05) is 31.7 Å². The Kier molecular flexibility index (Phi) is 5.78. The van der Waals surface area contributed by atoms with Crippen LogP contribution >= 0.6 is 11.8 Å². The van der Waals surface area contributed by atoms with Gasteiger partial charge in [-0.05, 0) is 6.42 Å². The number of methoxy groups -OCH3 is 1. The highest BCUT2D eigenvalue weighted by Gasteiger charge is 2.08. The largest absolute Gasteiger partial charge is 0.385 e. The second-order valence-electron chi connectivity index (χ2n) is 3.38. The molecule has 0 aliphatic heterocycles. The molecular formula is C9H17N5O2S. The van der Waals surface area contributed by atoms with Crippen molar-refractivity contribution >= 4 is 23.6 Å². The van der Waals surface area contributed by atoms with Crippen LogP contribution in [0.3, 0.4) is 0 Å². The summed E-state index contributed by atoms with van der Waals surface area (Å²) in [7, 11) is 3.39. The first-order valence-corrected chi connectivity index (χ1v) is 6.17. The van der Waals surface area contributed by atoms with Crippen LogP contribution < -0.4 is 11.1 Å². The van der Waals surface area contributed by atoms with E-state index >= 15 is 0 Å². The van der Waals surface area contributed by atoms with E-state index < -0.39 is 0 Å². The van der Waals surface area contributed by atoms with Gasteiger partial charge >= 0.3 is 0 Å². The summed E-state index contributed by atoms with van der Waals surface area (Å²) in [5, 5.41) is 11.0. The third-order valence-electron chi connectivity index (χ3n) is 2.05. The molecular weight excluding hydrogens is 242 g/mol. The third-order valence-corrected chi connectivity index (χ3v) is 3.07. The van der Waals surface area contributed by atoms with Crippen LogP contribution in [-0.4, -0.2) is 46.7 Å². The Balaban J connectivity index is 2.22. The lowest BCUT2D eigenvalue weighted by atomic mass is 10.4. The second kappa shape index (κ2) is 7.13. The fourth-order valence-electron chi connectivity index (χ4n) is 1.08. The average molecular weight is 259 g/mol. The van der Waals surface area contributed by atoms with Gasteiger partial charge in [0.25, 0.3) is 0 Å². The molecule has 3 N–H and O–H groups in total. The number of nitrogens with one attached hydrogen (secondary N) is 1. The lowest BCUT2D eigenvalue weighted by molar-refractivity contribution is -0.118. The van der Waals surface area contributed by atoms with E-state index in [2.05, 4.69) is 15.5 Å². The highest BCUT2D eigenvalue weighted by molar-refractivity contribution is 7.99. The summed E-state index contributed by atoms with van der Waals surface area (Å²) in [6.07, 6.45) is 0.809. The molecule has 0 aromatic carbocycles. The van der Waals surface area contributed by atoms with Gasteiger partial charge in [0.15, 0.2) is 5.16 Å². The molecule has 1 aromatic heterocycles. The molecule has 96 valence electrons. The molecule has 0 saturated heterocycles. The molecule has 0 fully saturated rings. The van der Waals surface area contributed by atoms with E-state index in [-0.39, 0.29) is 5.91 Å². The number of thioether (sulfide) groups is 1. The number of hydrogen-bond acceptors (Lipinski definition) is 6. The number of nitrogens with two attached hydrogens (primary N) is 1. The normalized spacial score (nSPS) is 10.5. The Hall–Kier alpha value is -1.28. The zero-order valence-corrected chi connectivity index (χ0v) is 10.8. The number of nitrogens with zero attached hydrogens (tertiary/aromatic N) is 3. The van der Waals surface area contributed by atoms with Gasteiger partial charge in [0, 0.05) is 27.3 Å². The van der Waals surface area contributed by atoms with E-state index in [1.165, 1.54) is 11.8 Å². The van der Waals surface area contributed by atoms with Gasteiger partial charge in [0.2, 0.25) is 11.9 Å². The molecule has 8 heteroatoms. The minimum absolute atomic E-state index is 0.0346. The fourth-order valence-corrected chi connectivity index (χ4v) is 1.83. The van der Waals surface area contributed by atoms with E-state index in [1.807, 2.05) is 0 Å². The zero-order valence-electron chi connectivity index (χ0n) is 9.97. The average Bonchev–Trinajstić information content (AvgIpc) is 2.63. The van der Waals surface area contributed by atoms with E-state index in [1.54, 1.807) is 18.7 Å². The van der Waals surface area contributed by atoms with Crippen LogP contribution in [-0.2, 0) is 16.6 Å². The Morgan fingerprint density at radius 2 is 2.35 bits per heavy atom. The first kappa shape index (κ1) is 13.8. The van der Waals surface area contributed by atoms with E-state index in [9.17, 15) is 4.79 Å². The number of ether oxygens (including phenoxy) is 1. The van der Waals surface area contributed by atoms with Gasteiger partial charge in [-0.3, -0.25) is 9.36 Å². The highest BCUT2D eigenvalue weighted by Crippen LogP contribution is 2.15. The number of aromatic nitrogens is 3. The smallest absolute Gasteiger partial charge is 0.230 e. The van der Waals surface area contributed by atoms with Crippen molar-refractivity contribution in [3.8, 4) is 0 Å². The van der Waals surface area contributed by atoms with Crippen molar-refractivity contribution in [1.29, 1.82) is 0 Å². The van der Waals surface area contributed by atoms with Crippen molar-refractivity contribution < 1.29 is 9.53 Å². The molecule has 0 unspecified atom stereocenters. The number of hydrogen-bond donors (Lipinski definition) is 2. The first-order chi connectivity index (χ1) is 8.15. The maximum Gasteiger partial charge on any atom is 0.230 e. The molecule has 0 spiro atoms. The minimum Gasteiger partial charge on any atom is -0.385 e. The number of anilines is 1. The summed E-state index contributed by atoms with van der Waals surface area (Å²) in [5.74, 6) is 0.611. The van der Waals surface area contributed by atoms with Crippen molar-refractivity contribution in [1.82, 2.24) is 20.1 Å². The lowest BCUT2D eigenvalue weighted by Gasteiger charge is -2.04. The SMILES string of the molecule is COCCCNC(=O)CSc1nnc(N)n1C. The maximum atomic E-state index is 11.4. The van der Waals surface area contributed by atoms with Gasteiger partial charge in [0.05, 0.1) is 5.75 Å². The van der Waals surface area contributed by atoms with Gasteiger partial charge in [-0.1, -0.05) is 11.8 Å². The quantitative estimate of drug-likeness (QED) is 0.513. The molecule has 1 rings (SSSR count). The predicted octanol–water partition coefficient (Wildman–Crippen LogP) is -0.358. The van der Waals surface area contributed by atoms with Gasteiger partial charge in [-0.15, -0.1) is 10.2 Å². The molecule has 0 atom stereocenters. The summed E-state index contributed by atoms with van der Waals surface area (Å²) in [5.41, 5.74) is 5.52. The number of carbonyl (C=O) groups is 1. The lowest BCUT2D eigenvalue weighted by Crippen LogP contribution is -2.26. The number of rotatable bonds is 7. The number of amides is 1. The van der Waals surface area contributed by atoms with Crippen LogP contribution in [0.1, 0.15) is 6.42 Å². The van der Waals surface area contributed by atoms with Gasteiger partial charge in [-0.2, -0.15) is 0 Å². The molecule has 17 heavy (non-hydrogen) atoms. The molecule has 0 aliphatic carbocycles. The standard InChI is InChI=1S/C9H17N5O2S/c1-14-8(10)12-13-9(14)17-6-7(15)11-4-3-5-16-2/h3-6H2,1-2H3,(H2,10,12)(H,11,15). The summed E-state index contributed by atoms with van der Waals surface area (Å²) < 4.78 is 6.52. The van der Waals surface area contributed by atoms with Crippen molar-refractivity contribution in [3.63, 3.8) is 0 Å². The van der Waals surface area contributed by atoms with Gasteiger partial charge < -0.3 is 15.8 Å². The summed E-state index contributed by atoms with van der Waals surface area (Å²) >= 11 is 1.31. The Morgan fingerprint density at radius 1 is 1.59 bits per heavy atom. The highest BCUT2D eigenvalue weighted by atomic mass is 32.2. The summed E-state index contributed by atoms with van der Waals surface area (Å²) in [4.78, 5) is 11.4. The Labute approximate surface area is 104 Å². The maximum absolute atomic E-state index is 11.4. The summed E-state index contributed by atoms with van der Waals surface area (Å²) in [6.45, 7) is 1.27. The van der Waals surface area contributed by atoms with E-state index in [0.717, 1.165) is 6.42 Å². The monoisotopic (exact) mass is 259 g/mol. The third kappa shape index (κ3) is 4.61. The molecule has 0 saturated carbocycles. The first-order valence-electron chi connectivity index (χ1n) is 5.18. The minimum atomic E-state index is -0.0346. The topological polar surface area (TPSA) is 95.1 Å². The van der Waals surface area contributed by atoms with Gasteiger partial charge in [-0.25, -0.2) is 0 Å². The van der Waals surface area contributed by atoms with Crippen molar-refractivity contribution in [3.05, 3.63) is 0 Å². The predicted molar refractivity (Wildman–Crippen MR) is 65.6 cm³/mol. The molecule has 0 radical (unpaired) electrons. The van der Waals surface area contributed by atoms with E-state index in [0.29, 0.717) is 30.0 Å². The molecule has 0 bridgehead atoms. The van der Waals surface area contributed by atoms with Crippen LogP contribution in [0.15, 0.2) is 5.16 Å². The molecule has 0 aliphatic rings. The van der Waals surface area contributed by atoms with Crippen LogP contribution in [0.2, 0.25) is 0 Å². The number of carbonyl (C=O) groups excluding carboxylic acids is 1. The fraction of sp³-hybridized carbons (Fsp3) is 0.667. The molecule has 7 nitrogen and oxygen atoms in total. The van der Waals surface area contributed by atoms with Crippen LogP contribution in [0.4, 0.5) is 5.95 Å². The van der Waals surface area contributed by atoms with Crippen molar-refractivity contribution in [2.45, 2.75) is 11.6 Å². The van der Waals surface area contributed by atoms with Gasteiger partial charge in [0.1, 0.15) is 0 Å². The zero-order chi connectivity index (χ0) is 12.7. The van der Waals surface area contributed by atoms with Crippen LogP contribution in [0.25, 0.3) is 0 Å². The van der Waals surface area contributed by atoms with Crippen LogP contribution in [0.5, 0.6) is 0 Å².